The summed E-state index contributed by atoms with van der Waals surface area (Å²) in [6, 6.07) is 16.5. The van der Waals surface area contributed by atoms with E-state index in [4.69, 9.17) is 0 Å². The molecule has 1 atom stereocenters. The zero-order chi connectivity index (χ0) is 20.4. The second kappa shape index (κ2) is 7.84. The third kappa shape index (κ3) is 3.88. The molecule has 4 rings (SSSR count). The van der Waals surface area contributed by atoms with Crippen LogP contribution in [0.3, 0.4) is 0 Å². The summed E-state index contributed by atoms with van der Waals surface area (Å²) >= 11 is 1.26. The van der Waals surface area contributed by atoms with E-state index in [0.29, 0.717) is 4.88 Å². The zero-order valence-corrected chi connectivity index (χ0v) is 16.2. The number of imidazole rings is 1. The summed E-state index contributed by atoms with van der Waals surface area (Å²) in [4.78, 5) is 30.4. The Labute approximate surface area is 170 Å². The number of carbonyl (C=O) groups is 2. The van der Waals surface area contributed by atoms with Gasteiger partial charge in [0.05, 0.1) is 22.2 Å². The van der Waals surface area contributed by atoms with Crippen LogP contribution in [0.25, 0.3) is 21.5 Å². The predicted octanol–water partition coefficient (Wildman–Crippen LogP) is 3.93. The van der Waals surface area contributed by atoms with Gasteiger partial charge in [-0.15, -0.1) is 11.3 Å². The van der Waals surface area contributed by atoms with Crippen molar-refractivity contribution in [3.05, 3.63) is 77.7 Å². The fourth-order valence-corrected chi connectivity index (χ4v) is 3.83. The van der Waals surface area contributed by atoms with Gasteiger partial charge in [0.2, 0.25) is 0 Å². The Kier molecular flexibility index (Phi) is 5.09. The van der Waals surface area contributed by atoms with Crippen LogP contribution in [0.2, 0.25) is 0 Å². The summed E-state index contributed by atoms with van der Waals surface area (Å²) < 4.78 is 14.8. The zero-order valence-electron chi connectivity index (χ0n) is 15.4. The van der Waals surface area contributed by atoms with Crippen molar-refractivity contribution in [1.29, 1.82) is 0 Å². The number of hydrogen-bond donors (Lipinski definition) is 2. The Bertz CT molecular complexity index is 1180. The highest BCUT2D eigenvalue weighted by atomic mass is 32.1. The van der Waals surface area contributed by atoms with E-state index in [-0.39, 0.29) is 11.7 Å². The average Bonchev–Trinajstić information content (AvgIpc) is 3.39. The minimum absolute atomic E-state index is 0.314. The van der Waals surface area contributed by atoms with Gasteiger partial charge in [0, 0.05) is 4.88 Å². The number of benzene rings is 2. The maximum Gasteiger partial charge on any atom is 0.279 e. The van der Waals surface area contributed by atoms with Crippen LogP contribution in [-0.4, -0.2) is 21.4 Å². The highest BCUT2D eigenvalue weighted by Crippen LogP contribution is 2.28. The number of carbonyl (C=O) groups excluding carboxylic acids is 2. The number of rotatable bonds is 4. The van der Waals surface area contributed by atoms with E-state index < -0.39 is 11.9 Å². The second-order valence-electron chi connectivity index (χ2n) is 6.43. The summed E-state index contributed by atoms with van der Waals surface area (Å²) in [6.45, 7) is 1.73. The molecule has 8 heteroatoms. The van der Waals surface area contributed by atoms with Crippen molar-refractivity contribution in [2.45, 2.75) is 13.0 Å². The number of hydrazine groups is 1. The minimum Gasteiger partial charge on any atom is -0.318 e. The second-order valence-corrected chi connectivity index (χ2v) is 7.51. The van der Waals surface area contributed by atoms with Gasteiger partial charge < -0.3 is 4.57 Å². The molecule has 0 aliphatic rings. The molecule has 2 aromatic heterocycles. The van der Waals surface area contributed by atoms with Crippen LogP contribution in [0.4, 0.5) is 4.39 Å². The van der Waals surface area contributed by atoms with E-state index in [1.165, 1.54) is 23.5 Å². The highest BCUT2D eigenvalue weighted by molar-refractivity contribution is 7.17. The van der Waals surface area contributed by atoms with Crippen LogP contribution in [0, 0.1) is 5.82 Å². The van der Waals surface area contributed by atoms with E-state index in [1.54, 1.807) is 42.1 Å². The molecule has 2 amide bonds. The molecule has 6 nitrogen and oxygen atoms in total. The normalized spacial score (nSPS) is 11.9. The van der Waals surface area contributed by atoms with Gasteiger partial charge in [-0.05, 0) is 48.9 Å². The minimum atomic E-state index is -0.555. The average molecular weight is 408 g/mol. The molecule has 0 saturated heterocycles. The molecule has 0 aliphatic carbocycles. The standard InChI is InChI=1S/C21H17FN4O2S/c1-13(26-12-23-16-4-2-3-5-17(16)26)20(27)24-25-21(28)19-11-10-18(29-19)14-6-8-15(22)9-7-14/h2-13H,1H3,(H,24,27)(H,25,28). The number of fused-ring (bicyclic) bond motifs is 1. The Hall–Kier alpha value is -3.52. The molecule has 0 fully saturated rings. The number of hydrogen-bond acceptors (Lipinski definition) is 4. The molecule has 4 aromatic rings. The van der Waals surface area contributed by atoms with Crippen LogP contribution in [0.1, 0.15) is 22.6 Å². The fourth-order valence-electron chi connectivity index (χ4n) is 2.93. The predicted molar refractivity (Wildman–Crippen MR) is 110 cm³/mol. The monoisotopic (exact) mass is 408 g/mol. The Balaban J connectivity index is 1.40. The summed E-state index contributed by atoms with van der Waals surface area (Å²) in [5, 5.41) is 0. The third-order valence-electron chi connectivity index (χ3n) is 4.54. The van der Waals surface area contributed by atoms with Gasteiger partial charge in [-0.2, -0.15) is 0 Å². The van der Waals surface area contributed by atoms with Crippen molar-refractivity contribution in [2.75, 3.05) is 0 Å². The largest absolute Gasteiger partial charge is 0.318 e. The van der Waals surface area contributed by atoms with Crippen molar-refractivity contribution in [2.24, 2.45) is 0 Å². The maximum atomic E-state index is 13.1. The van der Waals surface area contributed by atoms with Crippen LogP contribution in [0.15, 0.2) is 67.0 Å². The van der Waals surface area contributed by atoms with Crippen molar-refractivity contribution >= 4 is 34.2 Å². The first kappa shape index (κ1) is 18.8. The van der Waals surface area contributed by atoms with E-state index >= 15 is 0 Å². The van der Waals surface area contributed by atoms with E-state index in [9.17, 15) is 14.0 Å². The molecule has 29 heavy (non-hydrogen) atoms. The number of aromatic nitrogens is 2. The molecular weight excluding hydrogens is 391 g/mol. The molecule has 2 aromatic carbocycles. The SMILES string of the molecule is CC(C(=O)NNC(=O)c1ccc(-c2ccc(F)cc2)s1)n1cnc2ccccc21. The van der Waals surface area contributed by atoms with Crippen LogP contribution < -0.4 is 10.9 Å². The fraction of sp³-hybridized carbons (Fsp3) is 0.0952. The molecule has 2 heterocycles. The lowest BCUT2D eigenvalue weighted by molar-refractivity contribution is -0.124. The Morgan fingerprint density at radius 1 is 1.03 bits per heavy atom. The van der Waals surface area contributed by atoms with E-state index in [2.05, 4.69) is 15.8 Å². The van der Waals surface area contributed by atoms with Crippen LogP contribution >= 0.6 is 11.3 Å². The smallest absolute Gasteiger partial charge is 0.279 e. The molecule has 0 spiro atoms. The lowest BCUT2D eigenvalue weighted by Gasteiger charge is -2.14. The number of thiophene rings is 1. The summed E-state index contributed by atoms with van der Waals surface area (Å²) in [5.41, 5.74) is 7.35. The summed E-state index contributed by atoms with van der Waals surface area (Å²) in [7, 11) is 0. The van der Waals surface area contributed by atoms with Crippen molar-refractivity contribution in [1.82, 2.24) is 20.4 Å². The Morgan fingerprint density at radius 3 is 2.59 bits per heavy atom. The van der Waals surface area contributed by atoms with E-state index in [0.717, 1.165) is 21.5 Å². The molecule has 0 bridgehead atoms. The quantitative estimate of drug-likeness (QED) is 0.503. The molecule has 146 valence electrons. The van der Waals surface area contributed by atoms with Crippen molar-refractivity contribution in [3.8, 4) is 10.4 Å². The van der Waals surface area contributed by atoms with Gasteiger partial charge in [0.15, 0.2) is 0 Å². The molecule has 0 saturated carbocycles. The molecule has 1 unspecified atom stereocenters. The molecular formula is C21H17FN4O2S. The number of amides is 2. The van der Waals surface area contributed by atoms with Gasteiger partial charge in [0.25, 0.3) is 11.8 Å². The summed E-state index contributed by atoms with van der Waals surface area (Å²) in [5.74, 6) is -1.10. The van der Waals surface area contributed by atoms with Crippen molar-refractivity contribution < 1.29 is 14.0 Å². The molecule has 0 radical (unpaired) electrons. The van der Waals surface area contributed by atoms with Crippen LogP contribution in [0.5, 0.6) is 0 Å². The number of para-hydroxylation sites is 2. The van der Waals surface area contributed by atoms with Gasteiger partial charge >= 0.3 is 0 Å². The number of nitrogens with zero attached hydrogens (tertiary/aromatic N) is 2. The lowest BCUT2D eigenvalue weighted by atomic mass is 10.2. The highest BCUT2D eigenvalue weighted by Gasteiger charge is 2.18. The number of nitrogens with one attached hydrogen (secondary N) is 2. The van der Waals surface area contributed by atoms with Gasteiger partial charge in [-0.1, -0.05) is 24.3 Å². The van der Waals surface area contributed by atoms with Gasteiger partial charge in [-0.25, -0.2) is 9.37 Å². The van der Waals surface area contributed by atoms with Crippen molar-refractivity contribution in [3.63, 3.8) is 0 Å². The topological polar surface area (TPSA) is 76.0 Å². The Morgan fingerprint density at radius 2 is 1.79 bits per heavy atom. The van der Waals surface area contributed by atoms with Gasteiger partial charge in [-0.3, -0.25) is 20.4 Å². The first-order valence-corrected chi connectivity index (χ1v) is 9.72. The molecule has 2 N–H and O–H groups in total. The first-order valence-electron chi connectivity index (χ1n) is 8.90. The third-order valence-corrected chi connectivity index (χ3v) is 5.67. The first-order chi connectivity index (χ1) is 14.0. The maximum absolute atomic E-state index is 13.1. The number of halogens is 1. The van der Waals surface area contributed by atoms with Crippen LogP contribution in [-0.2, 0) is 4.79 Å². The summed E-state index contributed by atoms with van der Waals surface area (Å²) in [6.07, 6.45) is 1.60. The van der Waals surface area contributed by atoms with Gasteiger partial charge in [0.1, 0.15) is 11.9 Å². The lowest BCUT2D eigenvalue weighted by Crippen LogP contribution is -2.44. The van der Waals surface area contributed by atoms with E-state index in [1.807, 2.05) is 24.3 Å². The molecule has 0 aliphatic heterocycles.